The lowest BCUT2D eigenvalue weighted by Crippen LogP contribution is -2.40. The van der Waals surface area contributed by atoms with Gasteiger partial charge in [0.15, 0.2) is 0 Å². The minimum absolute atomic E-state index is 0.0414. The molecule has 6 nitrogen and oxygen atoms in total. The molecule has 0 fully saturated rings. The van der Waals surface area contributed by atoms with Crippen LogP contribution < -0.4 is 10.1 Å². The second kappa shape index (κ2) is 8.82. The second-order valence-electron chi connectivity index (χ2n) is 7.59. The van der Waals surface area contributed by atoms with Gasteiger partial charge in [-0.25, -0.2) is 9.80 Å². The number of hydrazone groups is 1. The monoisotopic (exact) mass is 507 g/mol. The van der Waals surface area contributed by atoms with Crippen molar-refractivity contribution in [2.75, 3.05) is 11.9 Å². The summed E-state index contributed by atoms with van der Waals surface area (Å²) in [5.74, 6) is -0.887. The van der Waals surface area contributed by atoms with Crippen molar-refractivity contribution in [1.29, 1.82) is 0 Å². The first-order chi connectivity index (χ1) is 15.6. The van der Waals surface area contributed by atoms with Crippen LogP contribution in [-0.4, -0.2) is 35.4 Å². The van der Waals surface area contributed by atoms with Gasteiger partial charge in [-0.05, 0) is 50.2 Å². The molecule has 2 aromatic rings. The van der Waals surface area contributed by atoms with E-state index in [1.165, 1.54) is 26.0 Å². The lowest BCUT2D eigenvalue weighted by molar-refractivity contribution is -0.274. The van der Waals surface area contributed by atoms with E-state index in [-0.39, 0.29) is 23.5 Å². The smallest absolute Gasteiger partial charge is 0.406 e. The highest BCUT2D eigenvalue weighted by Crippen LogP contribution is 2.38. The fourth-order valence-electron chi connectivity index (χ4n) is 3.23. The summed E-state index contributed by atoms with van der Waals surface area (Å²) in [5, 5.41) is 6.86. The number of ketones is 1. The van der Waals surface area contributed by atoms with Crippen molar-refractivity contribution < 1.29 is 40.7 Å². The van der Waals surface area contributed by atoms with Crippen molar-refractivity contribution in [3.63, 3.8) is 0 Å². The molecular formula is C21H16ClF6N3O3. The average molecular weight is 508 g/mol. The van der Waals surface area contributed by atoms with Crippen LogP contribution in [0.15, 0.2) is 47.6 Å². The number of carbonyl (C=O) groups is 2. The first-order valence-electron chi connectivity index (χ1n) is 9.52. The molecule has 1 atom stereocenters. The number of rotatable bonds is 4. The zero-order valence-electron chi connectivity index (χ0n) is 17.5. The Kier molecular flexibility index (Phi) is 6.57. The largest absolute Gasteiger partial charge is 0.573 e. The van der Waals surface area contributed by atoms with Gasteiger partial charge in [0.1, 0.15) is 11.5 Å². The lowest BCUT2D eigenvalue weighted by Gasteiger charge is -2.23. The minimum Gasteiger partial charge on any atom is -0.406 e. The van der Waals surface area contributed by atoms with Gasteiger partial charge in [0, 0.05) is 11.3 Å². The van der Waals surface area contributed by atoms with E-state index >= 15 is 0 Å². The summed E-state index contributed by atoms with van der Waals surface area (Å²) in [7, 11) is 0. The third-order valence-electron chi connectivity index (χ3n) is 5.11. The number of nitrogens with one attached hydrogen (secondary N) is 1. The third-order valence-corrected chi connectivity index (χ3v) is 5.42. The number of ether oxygens (including phenoxy) is 1. The van der Waals surface area contributed by atoms with Crippen molar-refractivity contribution in [1.82, 2.24) is 5.01 Å². The van der Waals surface area contributed by atoms with Gasteiger partial charge < -0.3 is 10.1 Å². The van der Waals surface area contributed by atoms with E-state index < -0.39 is 46.1 Å². The summed E-state index contributed by atoms with van der Waals surface area (Å²) in [6.07, 6.45) is -9.55. The van der Waals surface area contributed by atoms with E-state index in [9.17, 15) is 35.9 Å². The summed E-state index contributed by atoms with van der Waals surface area (Å²) in [4.78, 5) is 25.1. The molecule has 1 aliphatic rings. The molecule has 1 aliphatic heterocycles. The van der Waals surface area contributed by atoms with Gasteiger partial charge in [-0.15, -0.1) is 13.2 Å². The molecule has 2 amide bonds. The van der Waals surface area contributed by atoms with Gasteiger partial charge in [-0.1, -0.05) is 17.7 Å². The lowest BCUT2D eigenvalue weighted by atomic mass is 9.79. The molecule has 34 heavy (non-hydrogen) atoms. The minimum atomic E-state index is -4.87. The van der Waals surface area contributed by atoms with Gasteiger partial charge in [-0.3, -0.25) is 4.79 Å². The van der Waals surface area contributed by atoms with Crippen molar-refractivity contribution in [3.05, 3.63) is 58.6 Å². The molecule has 0 saturated heterocycles. The Bertz CT molecular complexity index is 1150. The van der Waals surface area contributed by atoms with E-state index in [2.05, 4.69) is 15.2 Å². The number of halogens is 7. The van der Waals surface area contributed by atoms with Crippen molar-refractivity contribution in [3.8, 4) is 5.75 Å². The maximum Gasteiger partial charge on any atom is 0.573 e. The Labute approximate surface area is 194 Å². The van der Waals surface area contributed by atoms with Crippen LogP contribution in [0.1, 0.15) is 25.0 Å². The summed E-state index contributed by atoms with van der Waals surface area (Å²) < 4.78 is 79.6. The van der Waals surface area contributed by atoms with E-state index in [1.54, 1.807) is 0 Å². The number of urea groups is 1. The molecule has 3 rings (SSSR count). The Morgan fingerprint density at radius 3 is 2.21 bits per heavy atom. The number of benzene rings is 2. The van der Waals surface area contributed by atoms with Crippen LogP contribution in [0.25, 0.3) is 0 Å². The molecule has 0 radical (unpaired) electrons. The summed E-state index contributed by atoms with van der Waals surface area (Å²) >= 11 is 5.79. The molecule has 182 valence electrons. The number of alkyl halides is 6. The highest BCUT2D eigenvalue weighted by Gasteiger charge is 2.45. The van der Waals surface area contributed by atoms with Crippen molar-refractivity contribution >= 4 is 34.8 Å². The summed E-state index contributed by atoms with van der Waals surface area (Å²) in [5.41, 5.74) is -2.12. The fraction of sp³-hybridized carbons (Fsp3) is 0.286. The van der Waals surface area contributed by atoms with Crippen LogP contribution in [0.2, 0.25) is 5.02 Å². The molecule has 1 unspecified atom stereocenters. The molecule has 0 bridgehead atoms. The van der Waals surface area contributed by atoms with Crippen LogP contribution in [0, 0.1) is 5.41 Å². The number of amides is 2. The van der Waals surface area contributed by atoms with Crippen LogP contribution in [0.5, 0.6) is 5.75 Å². The first-order valence-corrected chi connectivity index (χ1v) is 9.89. The van der Waals surface area contributed by atoms with E-state index in [1.807, 2.05) is 0 Å². The van der Waals surface area contributed by atoms with Gasteiger partial charge >= 0.3 is 18.6 Å². The highest BCUT2D eigenvalue weighted by atomic mass is 35.5. The molecule has 1 N–H and O–H groups in total. The zero-order valence-corrected chi connectivity index (χ0v) is 18.3. The quantitative estimate of drug-likeness (QED) is 0.508. The Hall–Kier alpha value is -3.28. The molecule has 13 heteroatoms. The maximum absolute atomic E-state index is 13.0. The van der Waals surface area contributed by atoms with Gasteiger partial charge in [-0.2, -0.15) is 18.3 Å². The number of hydrogen-bond acceptors (Lipinski definition) is 4. The Morgan fingerprint density at radius 1 is 1.09 bits per heavy atom. The van der Waals surface area contributed by atoms with Crippen LogP contribution >= 0.6 is 11.6 Å². The standard InChI is InChI=1S/C21H16ClF6N3O3/c1-11(32)19(2)10-31(18(33)29-13-4-6-14(7-5-13)34-21(26,27)28)30-17(19)12-3-8-15(16(22)9-12)20(23,24)25/h3-9H,10H2,1-2H3,(H,29,33). The second-order valence-corrected chi connectivity index (χ2v) is 8.00. The SMILES string of the molecule is CC(=O)C1(C)CN(C(=O)Nc2ccc(OC(F)(F)F)cc2)N=C1c1ccc(C(F)(F)F)c(Cl)c1. The van der Waals surface area contributed by atoms with E-state index in [4.69, 9.17) is 11.6 Å². The zero-order chi connectivity index (χ0) is 25.5. The van der Waals surface area contributed by atoms with Gasteiger partial charge in [0.2, 0.25) is 0 Å². The highest BCUT2D eigenvalue weighted by molar-refractivity contribution is 6.32. The molecule has 0 saturated carbocycles. The number of hydrogen-bond donors (Lipinski definition) is 1. The molecular weight excluding hydrogens is 492 g/mol. The third kappa shape index (κ3) is 5.44. The van der Waals surface area contributed by atoms with Crippen molar-refractivity contribution in [2.24, 2.45) is 10.5 Å². The van der Waals surface area contributed by atoms with E-state index in [0.717, 1.165) is 35.3 Å². The predicted molar refractivity (Wildman–Crippen MR) is 111 cm³/mol. The Balaban J connectivity index is 1.85. The summed E-state index contributed by atoms with van der Waals surface area (Å²) in [6.45, 7) is 2.51. The van der Waals surface area contributed by atoms with Crippen LogP contribution in [-0.2, 0) is 11.0 Å². The molecule has 0 spiro atoms. The van der Waals surface area contributed by atoms with Crippen LogP contribution in [0.4, 0.5) is 36.8 Å². The average Bonchev–Trinajstić information content (AvgIpc) is 3.06. The molecule has 0 aliphatic carbocycles. The molecule has 0 aromatic heterocycles. The summed E-state index contributed by atoms with van der Waals surface area (Å²) in [6, 6.07) is 6.38. The number of anilines is 1. The molecule has 1 heterocycles. The van der Waals surface area contributed by atoms with Gasteiger partial charge in [0.25, 0.3) is 0 Å². The number of nitrogens with zero attached hydrogens (tertiary/aromatic N) is 2. The van der Waals surface area contributed by atoms with Gasteiger partial charge in [0.05, 0.1) is 28.3 Å². The molecule has 2 aromatic carbocycles. The van der Waals surface area contributed by atoms with Crippen molar-refractivity contribution in [2.45, 2.75) is 26.4 Å². The van der Waals surface area contributed by atoms with Crippen LogP contribution in [0.3, 0.4) is 0 Å². The first kappa shape index (κ1) is 25.3. The Morgan fingerprint density at radius 2 is 1.71 bits per heavy atom. The normalized spacial score (nSPS) is 18.5. The number of Topliss-reactive ketones (excluding diaryl/α,β-unsaturated/α-hetero) is 1. The maximum atomic E-state index is 13.0. The fourth-order valence-corrected chi connectivity index (χ4v) is 3.52. The van der Waals surface area contributed by atoms with E-state index in [0.29, 0.717) is 0 Å². The number of carbonyl (C=O) groups excluding carboxylic acids is 2. The predicted octanol–water partition coefficient (Wildman–Crippen LogP) is 6.10. The topological polar surface area (TPSA) is 71.0 Å².